The van der Waals surface area contributed by atoms with Crippen molar-refractivity contribution in [2.24, 2.45) is 0 Å². The molecule has 0 saturated carbocycles. The first-order valence-corrected chi connectivity index (χ1v) is 7.45. The van der Waals surface area contributed by atoms with Crippen molar-refractivity contribution in [3.63, 3.8) is 0 Å². The summed E-state index contributed by atoms with van der Waals surface area (Å²) in [6.45, 7) is 1.72. The second kappa shape index (κ2) is 6.72. The Kier molecular flexibility index (Phi) is 4.50. The zero-order valence-corrected chi connectivity index (χ0v) is 12.3. The van der Waals surface area contributed by atoms with E-state index in [0.717, 1.165) is 12.1 Å². The minimum Gasteiger partial charge on any atom is -0.392 e. The molecule has 2 heterocycles. The van der Waals surface area contributed by atoms with Crippen LogP contribution in [0, 0.1) is 0 Å². The van der Waals surface area contributed by atoms with Gasteiger partial charge in [-0.1, -0.05) is 24.3 Å². The third kappa shape index (κ3) is 3.72. The molecule has 6 heteroatoms. The van der Waals surface area contributed by atoms with E-state index in [1.54, 1.807) is 6.20 Å². The van der Waals surface area contributed by atoms with Crippen LogP contribution in [0.1, 0.15) is 17.5 Å². The molecule has 0 unspecified atom stereocenters. The van der Waals surface area contributed by atoms with Crippen LogP contribution in [-0.4, -0.2) is 39.5 Å². The first-order valence-electron chi connectivity index (χ1n) is 7.45. The van der Waals surface area contributed by atoms with Crippen LogP contribution in [0.4, 0.5) is 0 Å². The standard InChI is InChI=1S/C16H20N4O2/c21-14-8-15(17-10-14)16(22)18-9-12-2-4-13(5-3-12)11-20-7-1-6-19-20/h1-7,14-15,17,21H,8-11H2,(H,18,22)/t14-,15-/m1/s1. The molecular formula is C16H20N4O2. The number of aliphatic hydroxyl groups is 1. The monoisotopic (exact) mass is 300 g/mol. The van der Waals surface area contributed by atoms with Gasteiger partial charge < -0.3 is 15.7 Å². The number of amides is 1. The zero-order chi connectivity index (χ0) is 15.4. The number of hydrogen-bond donors (Lipinski definition) is 3. The van der Waals surface area contributed by atoms with Crippen LogP contribution in [-0.2, 0) is 17.9 Å². The molecule has 1 aromatic carbocycles. The Balaban J connectivity index is 1.49. The van der Waals surface area contributed by atoms with Gasteiger partial charge in [0.05, 0.1) is 18.7 Å². The lowest BCUT2D eigenvalue weighted by Gasteiger charge is -2.11. The van der Waals surface area contributed by atoms with Crippen LogP contribution >= 0.6 is 0 Å². The van der Waals surface area contributed by atoms with Gasteiger partial charge >= 0.3 is 0 Å². The van der Waals surface area contributed by atoms with E-state index >= 15 is 0 Å². The van der Waals surface area contributed by atoms with Crippen LogP contribution in [0.15, 0.2) is 42.7 Å². The third-order valence-electron chi connectivity index (χ3n) is 3.82. The summed E-state index contributed by atoms with van der Waals surface area (Å²) in [5, 5.41) is 19.5. The van der Waals surface area contributed by atoms with E-state index in [1.807, 2.05) is 41.2 Å². The maximum Gasteiger partial charge on any atom is 0.237 e. The van der Waals surface area contributed by atoms with Crippen molar-refractivity contribution in [1.82, 2.24) is 20.4 Å². The van der Waals surface area contributed by atoms with Gasteiger partial charge in [0.15, 0.2) is 0 Å². The summed E-state index contributed by atoms with van der Waals surface area (Å²) in [7, 11) is 0. The zero-order valence-electron chi connectivity index (χ0n) is 12.3. The number of rotatable bonds is 5. The molecule has 1 saturated heterocycles. The molecule has 1 fully saturated rings. The number of aromatic nitrogens is 2. The minimum absolute atomic E-state index is 0.0582. The van der Waals surface area contributed by atoms with Crippen molar-refractivity contribution in [3.8, 4) is 0 Å². The van der Waals surface area contributed by atoms with E-state index < -0.39 is 6.10 Å². The fourth-order valence-corrected chi connectivity index (χ4v) is 2.57. The van der Waals surface area contributed by atoms with Crippen molar-refractivity contribution < 1.29 is 9.90 Å². The average Bonchev–Trinajstić information content (AvgIpc) is 3.18. The quantitative estimate of drug-likeness (QED) is 0.740. The maximum atomic E-state index is 11.9. The van der Waals surface area contributed by atoms with Gasteiger partial charge in [-0.05, 0) is 23.6 Å². The van der Waals surface area contributed by atoms with E-state index in [2.05, 4.69) is 15.7 Å². The summed E-state index contributed by atoms with van der Waals surface area (Å²) in [6.07, 6.45) is 3.75. The summed E-state index contributed by atoms with van der Waals surface area (Å²) in [5.41, 5.74) is 2.22. The highest BCUT2D eigenvalue weighted by Crippen LogP contribution is 2.08. The molecule has 0 aliphatic carbocycles. The second-order valence-corrected chi connectivity index (χ2v) is 5.59. The molecule has 1 aromatic heterocycles. The molecule has 2 atom stereocenters. The van der Waals surface area contributed by atoms with Crippen LogP contribution < -0.4 is 10.6 Å². The number of nitrogens with zero attached hydrogens (tertiary/aromatic N) is 2. The van der Waals surface area contributed by atoms with E-state index in [0.29, 0.717) is 19.5 Å². The molecule has 2 aromatic rings. The van der Waals surface area contributed by atoms with Crippen LogP contribution in [0.3, 0.4) is 0 Å². The number of hydrogen-bond acceptors (Lipinski definition) is 4. The largest absolute Gasteiger partial charge is 0.392 e. The third-order valence-corrected chi connectivity index (χ3v) is 3.82. The van der Waals surface area contributed by atoms with Crippen molar-refractivity contribution in [1.29, 1.82) is 0 Å². The van der Waals surface area contributed by atoms with Crippen LogP contribution in [0.2, 0.25) is 0 Å². The van der Waals surface area contributed by atoms with Crippen molar-refractivity contribution in [2.75, 3.05) is 6.54 Å². The molecule has 3 rings (SSSR count). The van der Waals surface area contributed by atoms with Gasteiger partial charge in [-0.2, -0.15) is 5.10 Å². The number of β-amino-alcohol motifs (C(OH)–C–C–N with tert-alkyl or cyclic N) is 1. The van der Waals surface area contributed by atoms with Crippen molar-refractivity contribution in [2.45, 2.75) is 31.7 Å². The number of carbonyl (C=O) groups excluding carboxylic acids is 1. The van der Waals surface area contributed by atoms with Crippen molar-refractivity contribution >= 4 is 5.91 Å². The van der Waals surface area contributed by atoms with Gasteiger partial charge in [0.1, 0.15) is 0 Å². The summed E-state index contributed by atoms with van der Waals surface area (Å²) in [4.78, 5) is 11.9. The van der Waals surface area contributed by atoms with E-state index in [9.17, 15) is 9.90 Å². The maximum absolute atomic E-state index is 11.9. The van der Waals surface area contributed by atoms with Crippen LogP contribution in [0.25, 0.3) is 0 Å². The Morgan fingerprint density at radius 3 is 2.77 bits per heavy atom. The van der Waals surface area contributed by atoms with Crippen LogP contribution in [0.5, 0.6) is 0 Å². The first kappa shape index (κ1) is 14.7. The fraction of sp³-hybridized carbons (Fsp3) is 0.375. The van der Waals surface area contributed by atoms with Gasteiger partial charge in [0.25, 0.3) is 0 Å². The highest BCUT2D eigenvalue weighted by atomic mass is 16.3. The molecule has 1 amide bonds. The normalized spacial score (nSPS) is 21.0. The Labute approximate surface area is 129 Å². The number of nitrogens with one attached hydrogen (secondary N) is 2. The Morgan fingerprint density at radius 2 is 2.14 bits per heavy atom. The highest BCUT2D eigenvalue weighted by Gasteiger charge is 2.27. The SMILES string of the molecule is O=C(NCc1ccc(Cn2cccn2)cc1)[C@H]1C[C@@H](O)CN1. The topological polar surface area (TPSA) is 79.2 Å². The molecule has 0 radical (unpaired) electrons. The number of benzene rings is 1. The predicted molar refractivity (Wildman–Crippen MR) is 82.0 cm³/mol. The van der Waals surface area contributed by atoms with E-state index in [-0.39, 0.29) is 11.9 Å². The molecule has 0 bridgehead atoms. The second-order valence-electron chi connectivity index (χ2n) is 5.59. The molecule has 116 valence electrons. The summed E-state index contributed by atoms with van der Waals surface area (Å²) < 4.78 is 1.87. The van der Waals surface area contributed by atoms with Gasteiger partial charge in [-0.15, -0.1) is 0 Å². The lowest BCUT2D eigenvalue weighted by molar-refractivity contribution is -0.123. The van der Waals surface area contributed by atoms with Crippen molar-refractivity contribution in [3.05, 3.63) is 53.9 Å². The highest BCUT2D eigenvalue weighted by molar-refractivity contribution is 5.82. The van der Waals surface area contributed by atoms with Gasteiger partial charge in [0.2, 0.25) is 5.91 Å². The summed E-state index contributed by atoms with van der Waals surface area (Å²) >= 11 is 0. The molecular weight excluding hydrogens is 280 g/mol. The van der Waals surface area contributed by atoms with E-state index in [4.69, 9.17) is 0 Å². The lowest BCUT2D eigenvalue weighted by Crippen LogP contribution is -2.39. The lowest BCUT2D eigenvalue weighted by atomic mass is 10.1. The molecule has 1 aliphatic heterocycles. The minimum atomic E-state index is -0.419. The van der Waals surface area contributed by atoms with Gasteiger partial charge in [-0.3, -0.25) is 9.48 Å². The molecule has 0 spiro atoms. The summed E-state index contributed by atoms with van der Waals surface area (Å²) in [6, 6.07) is 9.72. The average molecular weight is 300 g/mol. The Hall–Kier alpha value is -2.18. The molecule has 1 aliphatic rings. The predicted octanol–water partition coefficient (Wildman–Crippen LogP) is 0.270. The number of carbonyl (C=O) groups is 1. The van der Waals surface area contributed by atoms with Gasteiger partial charge in [0, 0.05) is 25.5 Å². The smallest absolute Gasteiger partial charge is 0.237 e. The molecule has 6 nitrogen and oxygen atoms in total. The fourth-order valence-electron chi connectivity index (χ4n) is 2.57. The van der Waals surface area contributed by atoms with Gasteiger partial charge in [-0.25, -0.2) is 0 Å². The Bertz CT molecular complexity index is 610. The van der Waals surface area contributed by atoms with E-state index in [1.165, 1.54) is 5.56 Å². The molecule has 22 heavy (non-hydrogen) atoms. The molecule has 3 N–H and O–H groups in total. The Morgan fingerprint density at radius 1 is 1.36 bits per heavy atom. The first-order chi connectivity index (χ1) is 10.7. The summed E-state index contributed by atoms with van der Waals surface area (Å²) in [5.74, 6) is -0.0582. The number of aliphatic hydroxyl groups excluding tert-OH is 1.